The normalized spacial score (nSPS) is 10.6. The van der Waals surface area contributed by atoms with Crippen LogP contribution in [0.1, 0.15) is 21.1 Å². The van der Waals surface area contributed by atoms with Crippen molar-refractivity contribution in [1.29, 1.82) is 0 Å². The van der Waals surface area contributed by atoms with Gasteiger partial charge in [0.1, 0.15) is 16.4 Å². The van der Waals surface area contributed by atoms with Crippen LogP contribution >= 0.6 is 11.3 Å². The molecule has 0 radical (unpaired) electrons. The number of rotatable bonds is 5. The molecular weight excluding hydrogens is 344 g/mol. The van der Waals surface area contributed by atoms with Crippen LogP contribution in [0.25, 0.3) is 10.8 Å². The molecule has 2 aromatic heterocycles. The van der Waals surface area contributed by atoms with Crippen LogP contribution in [0.15, 0.2) is 22.6 Å². The maximum absolute atomic E-state index is 12.4. The summed E-state index contributed by atoms with van der Waals surface area (Å²) in [4.78, 5) is 17.5. The highest BCUT2D eigenvalue weighted by atomic mass is 32.1. The number of carbonyl (C=O) groups excluding carboxylic acids is 1. The fraction of sp³-hybridized carbons (Fsp3) is 0.250. The average molecular weight is 360 g/mol. The lowest BCUT2D eigenvalue weighted by Gasteiger charge is -2.09. The van der Waals surface area contributed by atoms with E-state index in [1.54, 1.807) is 18.2 Å². The monoisotopic (exact) mass is 360 g/mol. The summed E-state index contributed by atoms with van der Waals surface area (Å²) in [6, 6.07) is 4.89. The van der Waals surface area contributed by atoms with Crippen molar-refractivity contribution in [3.05, 3.63) is 34.5 Å². The number of aromatic nitrogens is 3. The van der Waals surface area contributed by atoms with E-state index in [1.165, 1.54) is 25.6 Å². The molecular formula is C16H16N4O4S. The highest BCUT2D eigenvalue weighted by Crippen LogP contribution is 2.30. The third-order valence-corrected chi connectivity index (χ3v) is 4.46. The van der Waals surface area contributed by atoms with Crippen LogP contribution in [0, 0.1) is 13.8 Å². The Kier molecular flexibility index (Phi) is 4.66. The van der Waals surface area contributed by atoms with Crippen LogP contribution in [-0.2, 0) is 0 Å². The van der Waals surface area contributed by atoms with Gasteiger partial charge < -0.3 is 13.9 Å². The van der Waals surface area contributed by atoms with Crippen LogP contribution in [0.5, 0.6) is 11.5 Å². The zero-order chi connectivity index (χ0) is 18.0. The van der Waals surface area contributed by atoms with Gasteiger partial charge in [-0.2, -0.15) is 0 Å². The van der Waals surface area contributed by atoms with E-state index in [9.17, 15) is 4.79 Å². The first-order valence-electron chi connectivity index (χ1n) is 7.33. The first-order chi connectivity index (χ1) is 12.0. The fourth-order valence-corrected chi connectivity index (χ4v) is 3.09. The van der Waals surface area contributed by atoms with Crippen molar-refractivity contribution in [2.45, 2.75) is 13.8 Å². The molecule has 0 aliphatic carbocycles. The Morgan fingerprint density at radius 3 is 2.64 bits per heavy atom. The van der Waals surface area contributed by atoms with E-state index >= 15 is 0 Å². The average Bonchev–Trinajstić information content (AvgIpc) is 3.19. The van der Waals surface area contributed by atoms with Crippen LogP contribution in [0.3, 0.4) is 0 Å². The van der Waals surface area contributed by atoms with E-state index in [0.29, 0.717) is 23.0 Å². The second kappa shape index (κ2) is 6.89. The molecule has 2 heterocycles. The molecule has 1 N–H and O–H groups in total. The number of amides is 1. The van der Waals surface area contributed by atoms with Crippen molar-refractivity contribution in [1.82, 2.24) is 15.2 Å². The summed E-state index contributed by atoms with van der Waals surface area (Å²) in [5.74, 6) is 0.863. The van der Waals surface area contributed by atoms with Crippen molar-refractivity contribution in [2.75, 3.05) is 19.5 Å². The molecule has 1 amide bonds. The highest BCUT2D eigenvalue weighted by Gasteiger charge is 2.19. The second-order valence-electron chi connectivity index (χ2n) is 5.08. The minimum Gasteiger partial charge on any atom is -0.497 e. The van der Waals surface area contributed by atoms with Gasteiger partial charge in [0.05, 0.1) is 30.5 Å². The lowest BCUT2D eigenvalue weighted by molar-refractivity contribution is 0.102. The van der Waals surface area contributed by atoms with Crippen molar-refractivity contribution < 1.29 is 18.7 Å². The van der Waals surface area contributed by atoms with Crippen molar-refractivity contribution >= 4 is 23.3 Å². The molecule has 1 aromatic carbocycles. The zero-order valence-corrected chi connectivity index (χ0v) is 14.9. The molecule has 0 saturated heterocycles. The summed E-state index contributed by atoms with van der Waals surface area (Å²) < 4.78 is 15.9. The van der Waals surface area contributed by atoms with Gasteiger partial charge in [-0.05, 0) is 26.0 Å². The summed E-state index contributed by atoms with van der Waals surface area (Å²) in [6.45, 7) is 3.76. The molecule has 0 unspecified atom stereocenters. The standard InChI is InChI=1S/C16H16N4O4S/c1-8-13(25-9(2)17-8)15-19-20-16(24-15)18-14(21)11-6-5-10(22-3)7-12(11)23-4/h5-7H,1-4H3,(H,18,20,21). The molecule has 0 spiro atoms. The van der Waals surface area contributed by atoms with Gasteiger partial charge in [0.25, 0.3) is 11.8 Å². The maximum Gasteiger partial charge on any atom is 0.322 e. The van der Waals surface area contributed by atoms with Gasteiger partial charge in [0, 0.05) is 6.07 Å². The predicted octanol–water partition coefficient (Wildman–Crippen LogP) is 3.08. The van der Waals surface area contributed by atoms with Crippen LogP contribution in [0.2, 0.25) is 0 Å². The van der Waals surface area contributed by atoms with Crippen molar-refractivity contribution in [2.24, 2.45) is 0 Å². The number of ether oxygens (including phenoxy) is 2. The van der Waals surface area contributed by atoms with Gasteiger partial charge in [-0.3, -0.25) is 10.1 Å². The lowest BCUT2D eigenvalue weighted by atomic mass is 10.2. The number of anilines is 1. The van der Waals surface area contributed by atoms with E-state index in [4.69, 9.17) is 13.9 Å². The minimum atomic E-state index is -0.424. The number of hydrogen-bond acceptors (Lipinski definition) is 8. The summed E-state index contributed by atoms with van der Waals surface area (Å²) in [7, 11) is 3.02. The molecule has 3 rings (SSSR count). The number of hydrogen-bond donors (Lipinski definition) is 1. The lowest BCUT2D eigenvalue weighted by Crippen LogP contribution is -2.13. The third-order valence-electron chi connectivity index (χ3n) is 3.40. The Morgan fingerprint density at radius 1 is 1.20 bits per heavy atom. The fourth-order valence-electron chi connectivity index (χ4n) is 2.25. The van der Waals surface area contributed by atoms with Gasteiger partial charge in [0.15, 0.2) is 0 Å². The van der Waals surface area contributed by atoms with E-state index in [2.05, 4.69) is 20.5 Å². The first-order valence-corrected chi connectivity index (χ1v) is 8.14. The number of nitrogens with zero attached hydrogens (tertiary/aromatic N) is 3. The third kappa shape index (κ3) is 3.45. The topological polar surface area (TPSA) is 99.4 Å². The number of carbonyl (C=O) groups is 1. The molecule has 3 aromatic rings. The maximum atomic E-state index is 12.4. The van der Waals surface area contributed by atoms with Gasteiger partial charge in [0.2, 0.25) is 0 Å². The molecule has 9 heteroatoms. The molecule has 8 nitrogen and oxygen atoms in total. The van der Waals surface area contributed by atoms with Crippen LogP contribution < -0.4 is 14.8 Å². The van der Waals surface area contributed by atoms with Crippen LogP contribution in [0.4, 0.5) is 6.01 Å². The van der Waals surface area contributed by atoms with E-state index in [-0.39, 0.29) is 6.01 Å². The highest BCUT2D eigenvalue weighted by molar-refractivity contribution is 7.15. The molecule has 0 saturated carbocycles. The van der Waals surface area contributed by atoms with Crippen molar-refractivity contribution in [3.63, 3.8) is 0 Å². The smallest absolute Gasteiger partial charge is 0.322 e. The quantitative estimate of drug-likeness (QED) is 0.746. The van der Waals surface area contributed by atoms with E-state index < -0.39 is 5.91 Å². The first kappa shape index (κ1) is 16.9. The largest absolute Gasteiger partial charge is 0.497 e. The van der Waals surface area contributed by atoms with Crippen LogP contribution in [-0.4, -0.2) is 35.3 Å². The number of aryl methyl sites for hydroxylation is 2. The summed E-state index contributed by atoms with van der Waals surface area (Å²) in [5.41, 5.74) is 1.13. The zero-order valence-electron chi connectivity index (χ0n) is 14.1. The molecule has 25 heavy (non-hydrogen) atoms. The molecule has 0 bridgehead atoms. The Morgan fingerprint density at radius 2 is 2.00 bits per heavy atom. The Hall–Kier alpha value is -2.94. The Balaban J connectivity index is 1.81. The molecule has 0 aliphatic rings. The summed E-state index contributed by atoms with van der Waals surface area (Å²) >= 11 is 1.45. The number of benzene rings is 1. The van der Waals surface area contributed by atoms with Crippen molar-refractivity contribution in [3.8, 4) is 22.3 Å². The number of nitrogens with one attached hydrogen (secondary N) is 1. The number of thiazole rings is 1. The van der Waals surface area contributed by atoms with Gasteiger partial charge in [-0.15, -0.1) is 16.4 Å². The minimum absolute atomic E-state index is 0.00308. The number of methoxy groups -OCH3 is 2. The molecule has 0 atom stereocenters. The second-order valence-corrected chi connectivity index (χ2v) is 6.28. The summed E-state index contributed by atoms with van der Waals surface area (Å²) in [6.07, 6.45) is 0. The van der Waals surface area contributed by atoms with Gasteiger partial charge in [-0.25, -0.2) is 4.98 Å². The van der Waals surface area contributed by atoms with Gasteiger partial charge in [-0.1, -0.05) is 5.10 Å². The van der Waals surface area contributed by atoms with E-state index in [0.717, 1.165) is 15.6 Å². The Labute approximate surface area is 147 Å². The molecule has 0 fully saturated rings. The summed E-state index contributed by atoms with van der Waals surface area (Å²) in [5, 5.41) is 11.3. The molecule has 0 aliphatic heterocycles. The van der Waals surface area contributed by atoms with E-state index in [1.807, 2.05) is 13.8 Å². The Bertz CT molecular complexity index is 919. The van der Waals surface area contributed by atoms with Gasteiger partial charge >= 0.3 is 6.01 Å². The SMILES string of the molecule is COc1ccc(C(=O)Nc2nnc(-c3sc(C)nc3C)o2)c(OC)c1. The predicted molar refractivity (Wildman–Crippen MR) is 92.4 cm³/mol. The molecule has 130 valence electrons.